The van der Waals surface area contributed by atoms with E-state index in [9.17, 15) is 31.9 Å². The lowest BCUT2D eigenvalue weighted by Crippen LogP contribution is -2.43. The number of carbonyl (C=O) groups excluding carboxylic acids is 3. The van der Waals surface area contributed by atoms with E-state index in [-0.39, 0.29) is 18.9 Å². The molecule has 0 spiro atoms. The van der Waals surface area contributed by atoms with E-state index in [4.69, 9.17) is 27.8 Å². The molecule has 0 bridgehead atoms. The second kappa shape index (κ2) is 16.0. The Labute approximate surface area is 205 Å². The molecule has 0 fully saturated rings. The van der Waals surface area contributed by atoms with Gasteiger partial charge in [-0.05, 0) is 20.3 Å². The summed E-state index contributed by atoms with van der Waals surface area (Å²) >= 11 is 0. The fourth-order valence-corrected chi connectivity index (χ4v) is 4.38. The molecule has 0 aliphatic rings. The first-order valence-corrected chi connectivity index (χ1v) is 14.0. The maximum atomic E-state index is 12.5. The highest BCUT2D eigenvalue weighted by molar-refractivity contribution is 7.86. The normalized spacial score (nSPS) is 13.6. The van der Waals surface area contributed by atoms with Crippen LogP contribution in [0.3, 0.4) is 0 Å². The maximum absolute atomic E-state index is 12.5. The van der Waals surface area contributed by atoms with Gasteiger partial charge in [0.15, 0.2) is 4.31 Å². The highest BCUT2D eigenvalue weighted by Crippen LogP contribution is 2.41. The number of hydrogen-bond donors (Lipinski definition) is 2. The number of hydrogen-bond acceptors (Lipinski definition) is 13. The Morgan fingerprint density at radius 1 is 1.09 bits per heavy atom. The molecular formula is C17H31NO14P2S+2. The summed E-state index contributed by atoms with van der Waals surface area (Å²) in [5, 5.41) is 2.43. The fraction of sp³-hybridized carbons (Fsp3) is 0.824. The molecule has 15 nitrogen and oxygen atoms in total. The lowest BCUT2D eigenvalue weighted by Gasteiger charge is -2.27. The second-order valence-corrected chi connectivity index (χ2v) is 11.4. The van der Waals surface area contributed by atoms with Crippen LogP contribution in [0.2, 0.25) is 0 Å². The summed E-state index contributed by atoms with van der Waals surface area (Å²) in [6.07, 6.45) is -3.14. The Kier molecular flexibility index (Phi) is 15.2. The van der Waals surface area contributed by atoms with Gasteiger partial charge in [-0.1, -0.05) is 13.8 Å². The number of rotatable bonds is 17. The van der Waals surface area contributed by atoms with E-state index in [0.29, 0.717) is 0 Å². The molecule has 0 saturated carbocycles. The minimum Gasteiger partial charge on any atom is -0.460 e. The lowest BCUT2D eigenvalue weighted by molar-refractivity contribution is -0.160. The highest BCUT2D eigenvalue weighted by atomic mass is 32.2. The van der Waals surface area contributed by atoms with Crippen LogP contribution in [0.25, 0.3) is 0 Å². The van der Waals surface area contributed by atoms with Crippen LogP contribution in [0.5, 0.6) is 0 Å². The van der Waals surface area contributed by atoms with Crippen molar-refractivity contribution in [2.45, 2.75) is 53.2 Å². The summed E-state index contributed by atoms with van der Waals surface area (Å²) in [5.41, 5.74) is -1.51. The van der Waals surface area contributed by atoms with Gasteiger partial charge in [-0.15, -0.1) is 9.42 Å². The molecule has 0 aromatic rings. The summed E-state index contributed by atoms with van der Waals surface area (Å²) in [6, 6.07) is 0. The van der Waals surface area contributed by atoms with Crippen molar-refractivity contribution in [3.05, 3.63) is 0 Å². The van der Waals surface area contributed by atoms with Gasteiger partial charge in [0.2, 0.25) is 12.0 Å². The standard InChI is InChI=1S/C17H29NO14P2S/c1-12(2)30-16(21)28-9-8-27-15(20)14(31-34(24)32-33(22)23)17(4,5)11-29-35(25,26)10-6-7-18-13(3)19/h12,14H,6-11H2,1-5H3/p+2/t14-/m0/s1. The topological polar surface area (TPSA) is 207 Å². The predicted molar refractivity (Wildman–Crippen MR) is 119 cm³/mol. The van der Waals surface area contributed by atoms with Gasteiger partial charge >= 0.3 is 28.6 Å². The summed E-state index contributed by atoms with van der Waals surface area (Å²) in [5.74, 6) is -1.93. The molecule has 2 N–H and O–H groups in total. The molecule has 0 saturated heterocycles. The third kappa shape index (κ3) is 16.5. The van der Waals surface area contributed by atoms with Crippen LogP contribution in [0.1, 0.15) is 41.0 Å². The first-order chi connectivity index (χ1) is 16.1. The third-order valence-electron chi connectivity index (χ3n) is 3.69. The van der Waals surface area contributed by atoms with Crippen LogP contribution in [0.15, 0.2) is 0 Å². The van der Waals surface area contributed by atoms with Crippen molar-refractivity contribution in [3.8, 4) is 0 Å². The molecule has 0 aromatic heterocycles. The molecule has 0 heterocycles. The van der Waals surface area contributed by atoms with E-state index in [1.807, 2.05) is 0 Å². The first kappa shape index (κ1) is 33.2. The molecule has 2 unspecified atom stereocenters. The average Bonchev–Trinajstić information content (AvgIpc) is 2.70. The van der Waals surface area contributed by atoms with Crippen molar-refractivity contribution in [1.82, 2.24) is 5.32 Å². The average molecular weight is 567 g/mol. The molecule has 3 atom stereocenters. The number of nitrogens with one attached hydrogen (secondary N) is 1. The van der Waals surface area contributed by atoms with Crippen LogP contribution < -0.4 is 5.32 Å². The second-order valence-electron chi connectivity index (χ2n) is 7.81. The van der Waals surface area contributed by atoms with Crippen molar-refractivity contribution in [2.24, 2.45) is 5.41 Å². The molecule has 35 heavy (non-hydrogen) atoms. The highest BCUT2D eigenvalue weighted by Gasteiger charge is 2.49. The van der Waals surface area contributed by atoms with Gasteiger partial charge in [0.1, 0.15) is 13.2 Å². The van der Waals surface area contributed by atoms with Crippen molar-refractivity contribution in [1.29, 1.82) is 0 Å². The van der Waals surface area contributed by atoms with Crippen LogP contribution >= 0.6 is 16.5 Å². The van der Waals surface area contributed by atoms with E-state index >= 15 is 0 Å². The largest absolute Gasteiger partial charge is 0.748 e. The van der Waals surface area contributed by atoms with Crippen molar-refractivity contribution >= 4 is 44.7 Å². The smallest absolute Gasteiger partial charge is 0.460 e. The zero-order valence-electron chi connectivity index (χ0n) is 20.0. The molecule has 202 valence electrons. The van der Waals surface area contributed by atoms with Crippen molar-refractivity contribution < 1.29 is 64.1 Å². The number of esters is 1. The maximum Gasteiger partial charge on any atom is 0.748 e. The third-order valence-corrected chi connectivity index (χ3v) is 6.43. The van der Waals surface area contributed by atoms with Crippen LogP contribution in [0.4, 0.5) is 4.79 Å². The Bertz CT molecular complexity index is 861. The SMILES string of the molecule is CC(=O)NCCCS(=O)(=O)OCC(C)(C)[C@@H](O[P+](=O)O[P+](=O)O)C(=O)OCCOC(=O)OC(C)C. The van der Waals surface area contributed by atoms with E-state index in [0.717, 1.165) is 0 Å². The van der Waals surface area contributed by atoms with E-state index < -0.39 is 81.9 Å². The quantitative estimate of drug-likeness (QED) is 0.111. The van der Waals surface area contributed by atoms with Gasteiger partial charge in [0.25, 0.3) is 10.1 Å². The fourth-order valence-electron chi connectivity index (χ4n) is 2.13. The zero-order chi connectivity index (χ0) is 27.2. The van der Waals surface area contributed by atoms with Crippen molar-refractivity contribution in [3.63, 3.8) is 0 Å². The molecule has 0 aliphatic carbocycles. The zero-order valence-corrected chi connectivity index (χ0v) is 22.6. The number of ether oxygens (including phenoxy) is 3. The minimum absolute atomic E-state index is 0.0623. The van der Waals surface area contributed by atoms with Gasteiger partial charge in [-0.2, -0.15) is 8.42 Å². The van der Waals surface area contributed by atoms with Gasteiger partial charge in [0.05, 0.1) is 18.5 Å². The molecule has 1 amide bonds. The molecule has 0 aromatic carbocycles. The first-order valence-electron chi connectivity index (χ1n) is 10.2. The van der Waals surface area contributed by atoms with Crippen LogP contribution in [0, 0.1) is 5.41 Å². The predicted octanol–water partition coefficient (Wildman–Crippen LogP) is 1.70. The van der Waals surface area contributed by atoms with Gasteiger partial charge in [-0.3, -0.25) is 8.98 Å². The molecular weight excluding hydrogens is 536 g/mol. The monoisotopic (exact) mass is 567 g/mol. The van der Waals surface area contributed by atoms with E-state index in [1.54, 1.807) is 13.8 Å². The summed E-state index contributed by atoms with van der Waals surface area (Å²) in [4.78, 5) is 43.5. The minimum atomic E-state index is -4.08. The summed E-state index contributed by atoms with van der Waals surface area (Å²) in [7, 11) is -10.7. The lowest BCUT2D eigenvalue weighted by atomic mass is 9.87. The van der Waals surface area contributed by atoms with Crippen LogP contribution in [-0.4, -0.2) is 75.7 Å². The molecule has 18 heteroatoms. The van der Waals surface area contributed by atoms with E-state index in [1.165, 1.54) is 20.8 Å². The molecule has 0 radical (unpaired) electrons. The Hall–Kier alpha value is -1.80. The summed E-state index contributed by atoms with van der Waals surface area (Å²) < 4.78 is 75.2. The van der Waals surface area contributed by atoms with Gasteiger partial charge in [0, 0.05) is 28.0 Å². The Morgan fingerprint density at radius 3 is 2.23 bits per heavy atom. The molecule has 0 aliphatic heterocycles. The number of carbonyl (C=O) groups is 3. The summed E-state index contributed by atoms with van der Waals surface area (Å²) in [6.45, 7) is 5.72. The van der Waals surface area contributed by atoms with E-state index in [2.05, 4.69) is 9.63 Å². The van der Waals surface area contributed by atoms with Gasteiger partial charge in [-0.25, -0.2) is 9.59 Å². The number of amides is 1. The molecule has 0 rings (SSSR count). The van der Waals surface area contributed by atoms with Crippen molar-refractivity contribution in [2.75, 3.05) is 32.1 Å². The Morgan fingerprint density at radius 2 is 1.69 bits per heavy atom. The Balaban J connectivity index is 5.13. The van der Waals surface area contributed by atoms with Gasteiger partial charge < -0.3 is 19.5 Å². The van der Waals surface area contributed by atoms with Crippen LogP contribution in [-0.2, 0) is 56.1 Å².